The molecule has 14 heavy (non-hydrogen) atoms. The molecule has 0 saturated carbocycles. The molecule has 0 fully saturated rings. The quantitative estimate of drug-likeness (QED) is 0.806. The Balaban J connectivity index is 3.26. The Hall–Kier alpha value is -0.680. The zero-order valence-corrected chi connectivity index (χ0v) is 9.73. The predicted octanol–water partition coefficient (Wildman–Crippen LogP) is 1.66. The third-order valence-corrected chi connectivity index (χ3v) is 4.37. The van der Waals surface area contributed by atoms with Crippen LogP contribution in [0.3, 0.4) is 0 Å². The van der Waals surface area contributed by atoms with E-state index in [0.29, 0.717) is 16.2 Å². The average molecular weight is 232 g/mol. The molecule has 0 heterocycles. The van der Waals surface area contributed by atoms with Gasteiger partial charge in [0.2, 0.25) is 0 Å². The van der Waals surface area contributed by atoms with E-state index >= 15 is 0 Å². The van der Waals surface area contributed by atoms with Gasteiger partial charge in [-0.2, -0.15) is 12.6 Å². The van der Waals surface area contributed by atoms with Crippen molar-refractivity contribution in [1.29, 1.82) is 0 Å². The molecule has 1 aromatic carbocycles. The highest BCUT2D eigenvalue weighted by Gasteiger charge is 2.14. The molecular formula is C9H12O3S2. The second kappa shape index (κ2) is 4.23. The Morgan fingerprint density at radius 2 is 2.07 bits per heavy atom. The van der Waals surface area contributed by atoms with Gasteiger partial charge in [0.15, 0.2) is 9.84 Å². The highest BCUT2D eigenvalue weighted by molar-refractivity contribution is 8.03. The maximum absolute atomic E-state index is 11.5. The molecule has 0 aliphatic rings. The van der Waals surface area contributed by atoms with Gasteiger partial charge in [-0.15, -0.1) is 0 Å². The van der Waals surface area contributed by atoms with Crippen molar-refractivity contribution in [2.45, 2.75) is 11.8 Å². The van der Waals surface area contributed by atoms with Crippen LogP contribution in [-0.2, 0) is 9.84 Å². The lowest BCUT2D eigenvalue weighted by Crippen LogP contribution is -2.04. The van der Waals surface area contributed by atoms with E-state index in [1.54, 1.807) is 32.2 Å². The summed E-state index contributed by atoms with van der Waals surface area (Å²) in [6.07, 6.45) is 0. The molecule has 0 aliphatic heterocycles. The fourth-order valence-corrected chi connectivity index (χ4v) is 2.55. The number of aryl methyl sites for hydroxylation is 1. The average Bonchev–Trinajstić information content (AvgIpc) is 2.17. The molecule has 1 aromatic rings. The Morgan fingerprint density at radius 1 is 1.43 bits per heavy atom. The van der Waals surface area contributed by atoms with Crippen LogP contribution in [-0.4, -0.2) is 20.6 Å². The van der Waals surface area contributed by atoms with E-state index < -0.39 is 9.84 Å². The third-order valence-electron chi connectivity index (χ3n) is 1.89. The molecule has 0 bridgehead atoms. The van der Waals surface area contributed by atoms with Crippen molar-refractivity contribution in [2.24, 2.45) is 0 Å². The first-order chi connectivity index (χ1) is 6.51. The van der Waals surface area contributed by atoms with Gasteiger partial charge in [-0.3, -0.25) is 0 Å². The molecule has 3 nitrogen and oxygen atoms in total. The standard InChI is InChI=1S/C9H12O3S2/c1-7-5-8(12-2)3-4-9(7)14(10,11)6-13/h3-5,13H,6H2,1-2H3. The number of thiol groups is 1. The van der Waals surface area contributed by atoms with E-state index in [-0.39, 0.29) is 5.08 Å². The Labute approximate surface area is 89.4 Å². The summed E-state index contributed by atoms with van der Waals surface area (Å²) in [6.45, 7) is 1.73. The predicted molar refractivity (Wildman–Crippen MR) is 58.8 cm³/mol. The maximum atomic E-state index is 11.5. The van der Waals surface area contributed by atoms with Gasteiger partial charge < -0.3 is 4.74 Å². The molecule has 78 valence electrons. The van der Waals surface area contributed by atoms with Crippen molar-refractivity contribution in [3.05, 3.63) is 23.8 Å². The number of benzene rings is 1. The summed E-state index contributed by atoms with van der Waals surface area (Å²) in [5.41, 5.74) is 0.679. The van der Waals surface area contributed by atoms with E-state index in [1.807, 2.05) is 0 Å². The minimum atomic E-state index is -3.25. The van der Waals surface area contributed by atoms with Crippen molar-refractivity contribution in [3.8, 4) is 5.75 Å². The maximum Gasteiger partial charge on any atom is 0.187 e. The van der Waals surface area contributed by atoms with Gasteiger partial charge in [-0.25, -0.2) is 8.42 Å². The zero-order chi connectivity index (χ0) is 10.8. The van der Waals surface area contributed by atoms with E-state index in [9.17, 15) is 8.42 Å². The molecule has 0 saturated heterocycles. The lowest BCUT2D eigenvalue weighted by molar-refractivity contribution is 0.414. The highest BCUT2D eigenvalue weighted by atomic mass is 32.2. The van der Waals surface area contributed by atoms with E-state index in [1.165, 1.54) is 0 Å². The molecule has 0 aliphatic carbocycles. The summed E-state index contributed by atoms with van der Waals surface area (Å²) in [7, 11) is -1.70. The monoisotopic (exact) mass is 232 g/mol. The van der Waals surface area contributed by atoms with Gasteiger partial charge in [0.05, 0.1) is 17.1 Å². The Bertz CT molecular complexity index is 424. The fourth-order valence-electron chi connectivity index (χ4n) is 1.17. The summed E-state index contributed by atoms with van der Waals surface area (Å²) in [5.74, 6) is 0.653. The minimum absolute atomic E-state index is 0.180. The van der Waals surface area contributed by atoms with Crippen LogP contribution >= 0.6 is 12.6 Å². The number of sulfone groups is 1. The van der Waals surface area contributed by atoms with Crippen LogP contribution in [0.5, 0.6) is 5.75 Å². The first-order valence-electron chi connectivity index (χ1n) is 3.99. The molecule has 0 N–H and O–H groups in total. The van der Waals surface area contributed by atoms with E-state index in [4.69, 9.17) is 4.74 Å². The number of hydrogen-bond donors (Lipinski definition) is 1. The summed E-state index contributed by atoms with van der Waals surface area (Å²) in [4.78, 5) is 0.313. The van der Waals surface area contributed by atoms with E-state index in [2.05, 4.69) is 12.6 Å². The minimum Gasteiger partial charge on any atom is -0.497 e. The van der Waals surface area contributed by atoms with Crippen LogP contribution in [0, 0.1) is 6.92 Å². The van der Waals surface area contributed by atoms with Crippen molar-refractivity contribution in [3.63, 3.8) is 0 Å². The first kappa shape index (κ1) is 11.4. The molecule has 1 rings (SSSR count). The third kappa shape index (κ3) is 2.22. The molecule has 0 spiro atoms. The van der Waals surface area contributed by atoms with Crippen molar-refractivity contribution >= 4 is 22.5 Å². The van der Waals surface area contributed by atoms with Gasteiger partial charge in [0, 0.05) is 0 Å². The first-order valence-corrected chi connectivity index (χ1v) is 6.28. The van der Waals surface area contributed by atoms with Crippen LogP contribution in [0.15, 0.2) is 23.1 Å². The Kier molecular flexibility index (Phi) is 3.44. The van der Waals surface area contributed by atoms with Gasteiger partial charge in [-0.1, -0.05) is 0 Å². The highest BCUT2D eigenvalue weighted by Crippen LogP contribution is 2.22. The van der Waals surface area contributed by atoms with Gasteiger partial charge >= 0.3 is 0 Å². The molecule has 0 atom stereocenters. The number of ether oxygens (including phenoxy) is 1. The summed E-state index contributed by atoms with van der Waals surface area (Å²) < 4.78 is 28.0. The lowest BCUT2D eigenvalue weighted by atomic mass is 10.2. The normalized spacial score (nSPS) is 11.4. The SMILES string of the molecule is COc1ccc(S(=O)(=O)CS)c(C)c1. The largest absolute Gasteiger partial charge is 0.497 e. The molecular weight excluding hydrogens is 220 g/mol. The van der Waals surface area contributed by atoms with Crippen LogP contribution in [0.2, 0.25) is 0 Å². The van der Waals surface area contributed by atoms with Gasteiger partial charge in [-0.05, 0) is 30.7 Å². The van der Waals surface area contributed by atoms with Crippen molar-refractivity contribution in [2.75, 3.05) is 12.2 Å². The van der Waals surface area contributed by atoms with E-state index in [0.717, 1.165) is 0 Å². The Morgan fingerprint density at radius 3 is 2.50 bits per heavy atom. The molecule has 0 amide bonds. The smallest absolute Gasteiger partial charge is 0.187 e. The summed E-state index contributed by atoms with van der Waals surface area (Å²) >= 11 is 3.79. The second-order valence-corrected chi connectivity index (χ2v) is 5.58. The van der Waals surface area contributed by atoms with Crippen LogP contribution < -0.4 is 4.74 Å². The van der Waals surface area contributed by atoms with Crippen molar-refractivity contribution < 1.29 is 13.2 Å². The molecule has 0 unspecified atom stereocenters. The second-order valence-electron chi connectivity index (χ2n) is 2.88. The van der Waals surface area contributed by atoms with Gasteiger partial charge in [0.25, 0.3) is 0 Å². The lowest BCUT2D eigenvalue weighted by Gasteiger charge is -2.07. The molecule has 0 aromatic heterocycles. The topological polar surface area (TPSA) is 43.4 Å². The van der Waals surface area contributed by atoms with Gasteiger partial charge in [0.1, 0.15) is 5.75 Å². The zero-order valence-electron chi connectivity index (χ0n) is 8.02. The molecule has 5 heteroatoms. The van der Waals surface area contributed by atoms with Crippen molar-refractivity contribution in [1.82, 2.24) is 0 Å². The van der Waals surface area contributed by atoms with Crippen LogP contribution in [0.25, 0.3) is 0 Å². The van der Waals surface area contributed by atoms with Crippen LogP contribution in [0.1, 0.15) is 5.56 Å². The molecule has 0 radical (unpaired) electrons. The number of methoxy groups -OCH3 is 1. The number of rotatable bonds is 3. The van der Waals surface area contributed by atoms with Crippen LogP contribution in [0.4, 0.5) is 0 Å². The fraction of sp³-hybridized carbons (Fsp3) is 0.333. The summed E-state index contributed by atoms with van der Waals surface area (Å²) in [6, 6.07) is 4.86. The summed E-state index contributed by atoms with van der Waals surface area (Å²) in [5, 5.41) is -0.180. The number of hydrogen-bond acceptors (Lipinski definition) is 4.